The molecular weight excluding hydrogens is 423 g/mol. The van der Waals surface area contributed by atoms with Crippen molar-refractivity contribution >= 4 is 58.5 Å². The van der Waals surface area contributed by atoms with E-state index in [1.807, 2.05) is 0 Å². The summed E-state index contributed by atoms with van der Waals surface area (Å²) in [6.07, 6.45) is 1.46. The zero-order valence-electron chi connectivity index (χ0n) is 14.1. The van der Waals surface area contributed by atoms with Gasteiger partial charge in [-0.05, 0) is 54.6 Å². The molecular formula is C20H11Cl3N2O3. The zero-order chi connectivity index (χ0) is 19.8. The number of imide groups is 1. The number of nitrogens with zero attached hydrogens (tertiary/aromatic N) is 1. The van der Waals surface area contributed by atoms with Gasteiger partial charge in [0.2, 0.25) is 0 Å². The van der Waals surface area contributed by atoms with Crippen molar-refractivity contribution in [3.63, 3.8) is 0 Å². The first kappa shape index (κ1) is 18.6. The van der Waals surface area contributed by atoms with E-state index in [1.165, 1.54) is 6.08 Å². The highest BCUT2D eigenvalue weighted by Gasteiger charge is 2.35. The number of anilines is 1. The number of furan rings is 1. The normalized spacial score (nSPS) is 15.4. The van der Waals surface area contributed by atoms with Gasteiger partial charge in [0, 0.05) is 21.7 Å². The molecule has 1 N–H and O–H groups in total. The number of carbonyl (C=O) groups excluding carboxylic acids is 2. The smallest absolute Gasteiger partial charge is 0.333 e. The Morgan fingerprint density at radius 2 is 1.61 bits per heavy atom. The van der Waals surface area contributed by atoms with E-state index in [0.717, 1.165) is 4.90 Å². The van der Waals surface area contributed by atoms with Crippen LogP contribution in [0.5, 0.6) is 0 Å². The Labute approximate surface area is 175 Å². The van der Waals surface area contributed by atoms with Gasteiger partial charge in [-0.25, -0.2) is 9.69 Å². The third-order valence-electron chi connectivity index (χ3n) is 4.07. The summed E-state index contributed by atoms with van der Waals surface area (Å²) in [5, 5.41) is 4.06. The number of rotatable bonds is 3. The number of urea groups is 1. The summed E-state index contributed by atoms with van der Waals surface area (Å²) >= 11 is 18.1. The second-order valence-electron chi connectivity index (χ2n) is 5.93. The van der Waals surface area contributed by atoms with Crippen LogP contribution in [0.25, 0.3) is 17.4 Å². The lowest BCUT2D eigenvalue weighted by Gasteiger charge is -2.11. The molecule has 8 heteroatoms. The van der Waals surface area contributed by atoms with Gasteiger partial charge in [0.05, 0.1) is 10.7 Å². The number of hydrogen-bond donors (Lipinski definition) is 1. The summed E-state index contributed by atoms with van der Waals surface area (Å²) in [4.78, 5) is 25.9. The fraction of sp³-hybridized carbons (Fsp3) is 0. The third-order valence-corrected chi connectivity index (χ3v) is 4.89. The summed E-state index contributed by atoms with van der Waals surface area (Å²) < 4.78 is 5.75. The topological polar surface area (TPSA) is 62.6 Å². The van der Waals surface area contributed by atoms with E-state index in [0.29, 0.717) is 37.8 Å². The summed E-state index contributed by atoms with van der Waals surface area (Å²) in [6, 6.07) is 14.3. The van der Waals surface area contributed by atoms with Crippen molar-refractivity contribution in [2.24, 2.45) is 0 Å². The molecule has 0 aliphatic carbocycles. The van der Waals surface area contributed by atoms with Crippen molar-refractivity contribution in [3.8, 4) is 11.3 Å². The van der Waals surface area contributed by atoms with Crippen LogP contribution in [0.3, 0.4) is 0 Å². The minimum Gasteiger partial charge on any atom is -0.457 e. The fourth-order valence-electron chi connectivity index (χ4n) is 2.76. The molecule has 5 nitrogen and oxygen atoms in total. The highest BCUT2D eigenvalue weighted by atomic mass is 35.5. The van der Waals surface area contributed by atoms with E-state index < -0.39 is 11.9 Å². The number of halogens is 3. The molecule has 140 valence electrons. The first-order valence-corrected chi connectivity index (χ1v) is 9.24. The molecule has 0 spiro atoms. The Morgan fingerprint density at radius 1 is 0.893 bits per heavy atom. The second kappa shape index (κ2) is 7.36. The molecule has 1 aliphatic heterocycles. The molecule has 0 unspecified atom stereocenters. The van der Waals surface area contributed by atoms with Gasteiger partial charge in [-0.1, -0.05) is 34.8 Å². The van der Waals surface area contributed by atoms with Crippen LogP contribution in [0.2, 0.25) is 15.1 Å². The summed E-state index contributed by atoms with van der Waals surface area (Å²) in [5.74, 6) is 0.379. The van der Waals surface area contributed by atoms with Crippen LogP contribution in [0.4, 0.5) is 10.5 Å². The third kappa shape index (κ3) is 3.52. The lowest BCUT2D eigenvalue weighted by atomic mass is 10.2. The van der Waals surface area contributed by atoms with Gasteiger partial charge in [-0.2, -0.15) is 0 Å². The molecule has 1 saturated heterocycles. The maximum atomic E-state index is 12.6. The summed E-state index contributed by atoms with van der Waals surface area (Å²) in [7, 11) is 0. The van der Waals surface area contributed by atoms with Crippen molar-refractivity contribution in [2.45, 2.75) is 0 Å². The van der Waals surface area contributed by atoms with Gasteiger partial charge in [-0.15, -0.1) is 0 Å². The predicted molar refractivity (Wildman–Crippen MR) is 110 cm³/mol. The predicted octanol–water partition coefficient (Wildman–Crippen LogP) is 6.00. The van der Waals surface area contributed by atoms with Crippen molar-refractivity contribution in [2.75, 3.05) is 4.90 Å². The Bertz CT molecular complexity index is 1120. The molecule has 2 aromatic carbocycles. The van der Waals surface area contributed by atoms with E-state index in [1.54, 1.807) is 54.6 Å². The van der Waals surface area contributed by atoms with Gasteiger partial charge in [-0.3, -0.25) is 4.79 Å². The van der Waals surface area contributed by atoms with E-state index in [-0.39, 0.29) is 5.70 Å². The van der Waals surface area contributed by atoms with Crippen LogP contribution in [-0.2, 0) is 4.79 Å². The fourth-order valence-corrected chi connectivity index (χ4v) is 3.27. The quantitative estimate of drug-likeness (QED) is 0.407. The minimum absolute atomic E-state index is 0.0954. The highest BCUT2D eigenvalue weighted by molar-refractivity contribution is 6.35. The molecule has 4 rings (SSSR count). The van der Waals surface area contributed by atoms with Crippen LogP contribution in [-0.4, -0.2) is 11.9 Å². The lowest BCUT2D eigenvalue weighted by Crippen LogP contribution is -2.30. The van der Waals surface area contributed by atoms with Crippen molar-refractivity contribution in [3.05, 3.63) is 81.1 Å². The first-order valence-electron chi connectivity index (χ1n) is 8.10. The maximum Gasteiger partial charge on any atom is 0.333 e. The van der Waals surface area contributed by atoms with E-state index >= 15 is 0 Å². The van der Waals surface area contributed by atoms with Crippen molar-refractivity contribution < 1.29 is 14.0 Å². The Morgan fingerprint density at radius 3 is 2.36 bits per heavy atom. The van der Waals surface area contributed by atoms with Crippen LogP contribution in [0, 0.1) is 0 Å². The Kier molecular flexibility index (Phi) is 4.89. The number of hydrogen-bond acceptors (Lipinski definition) is 3. The lowest BCUT2D eigenvalue weighted by molar-refractivity contribution is -0.113. The average molecular weight is 434 g/mol. The highest BCUT2D eigenvalue weighted by Crippen LogP contribution is 2.32. The van der Waals surface area contributed by atoms with Crippen LogP contribution in [0.1, 0.15) is 5.76 Å². The van der Waals surface area contributed by atoms with Crippen LogP contribution < -0.4 is 10.2 Å². The molecule has 2 heterocycles. The summed E-state index contributed by atoms with van der Waals surface area (Å²) in [6.45, 7) is 0. The number of nitrogens with one attached hydrogen (secondary N) is 1. The molecule has 0 saturated carbocycles. The van der Waals surface area contributed by atoms with Gasteiger partial charge in [0.15, 0.2) is 0 Å². The molecule has 0 radical (unpaired) electrons. The van der Waals surface area contributed by atoms with E-state index in [9.17, 15) is 9.59 Å². The van der Waals surface area contributed by atoms with Gasteiger partial charge in [0.25, 0.3) is 5.91 Å². The monoisotopic (exact) mass is 432 g/mol. The Hall–Kier alpha value is -2.73. The molecule has 3 aromatic rings. The maximum absolute atomic E-state index is 12.6. The van der Waals surface area contributed by atoms with Gasteiger partial charge in [0.1, 0.15) is 17.2 Å². The molecule has 28 heavy (non-hydrogen) atoms. The van der Waals surface area contributed by atoms with Crippen molar-refractivity contribution in [1.82, 2.24) is 5.32 Å². The van der Waals surface area contributed by atoms with Crippen LogP contribution >= 0.6 is 34.8 Å². The Balaban J connectivity index is 1.62. The van der Waals surface area contributed by atoms with Gasteiger partial charge >= 0.3 is 6.03 Å². The largest absolute Gasteiger partial charge is 0.457 e. The van der Waals surface area contributed by atoms with Gasteiger partial charge < -0.3 is 9.73 Å². The average Bonchev–Trinajstić information content (AvgIpc) is 3.23. The molecule has 3 amide bonds. The van der Waals surface area contributed by atoms with Crippen molar-refractivity contribution in [1.29, 1.82) is 0 Å². The molecule has 1 aliphatic rings. The second-order valence-corrected chi connectivity index (χ2v) is 7.21. The van der Waals surface area contributed by atoms with E-state index in [2.05, 4.69) is 5.32 Å². The number of benzene rings is 2. The number of amides is 3. The standard InChI is InChI=1S/C20H11Cl3N2O3/c21-11-1-4-13(5-2-11)25-19(26)17(24-20(25)27)10-14-6-8-18(28-14)15-9-12(22)3-7-16(15)23/h1-10H,(H,24,27)/b17-10+. The molecule has 1 aromatic heterocycles. The minimum atomic E-state index is -0.553. The van der Waals surface area contributed by atoms with E-state index in [4.69, 9.17) is 39.2 Å². The summed E-state index contributed by atoms with van der Waals surface area (Å²) in [5.41, 5.74) is 1.14. The zero-order valence-corrected chi connectivity index (χ0v) is 16.3. The molecule has 1 fully saturated rings. The SMILES string of the molecule is O=C1N/C(=C/c2ccc(-c3cc(Cl)ccc3Cl)o2)C(=O)N1c1ccc(Cl)cc1. The molecule has 0 atom stereocenters. The number of carbonyl (C=O) groups is 2. The van der Waals surface area contributed by atoms with Crippen LogP contribution in [0.15, 0.2) is 64.7 Å². The molecule has 0 bridgehead atoms. The first-order chi connectivity index (χ1) is 13.4.